The molecule has 0 radical (unpaired) electrons. The molecule has 1 fully saturated rings. The van der Waals surface area contributed by atoms with E-state index in [4.69, 9.17) is 4.99 Å². The Balaban J connectivity index is 0.00000324. The fraction of sp³-hybridized carbons (Fsp3) is 0.929. The summed E-state index contributed by atoms with van der Waals surface area (Å²) in [6.07, 6.45) is 1.28. The van der Waals surface area contributed by atoms with Crippen molar-refractivity contribution in [3.05, 3.63) is 0 Å². The van der Waals surface area contributed by atoms with E-state index in [-0.39, 0.29) is 24.0 Å². The maximum absolute atomic E-state index is 4.72. The van der Waals surface area contributed by atoms with Crippen LogP contribution in [0.4, 0.5) is 0 Å². The summed E-state index contributed by atoms with van der Waals surface area (Å²) in [6.45, 7) is 13.0. The van der Waals surface area contributed by atoms with Gasteiger partial charge < -0.3 is 15.5 Å². The molecule has 5 heteroatoms. The Morgan fingerprint density at radius 1 is 1.37 bits per heavy atom. The Morgan fingerprint density at radius 3 is 2.53 bits per heavy atom. The molecular weight excluding hydrogens is 351 g/mol. The number of guanidine groups is 1. The van der Waals surface area contributed by atoms with Crippen molar-refractivity contribution < 1.29 is 0 Å². The summed E-state index contributed by atoms with van der Waals surface area (Å²) in [5.41, 5.74) is 0. The number of likely N-dealkylation sites (tertiary alicyclic amines) is 1. The molecule has 4 nitrogen and oxygen atoms in total. The van der Waals surface area contributed by atoms with Gasteiger partial charge in [0.25, 0.3) is 0 Å². The smallest absolute Gasteiger partial charge is 0.191 e. The summed E-state index contributed by atoms with van der Waals surface area (Å²) in [6, 6.07) is 0.453. The zero-order valence-corrected chi connectivity index (χ0v) is 15.4. The molecule has 1 saturated heterocycles. The van der Waals surface area contributed by atoms with Gasteiger partial charge in [0.2, 0.25) is 0 Å². The van der Waals surface area contributed by atoms with E-state index in [1.54, 1.807) is 0 Å². The van der Waals surface area contributed by atoms with Gasteiger partial charge in [0, 0.05) is 25.7 Å². The van der Waals surface area contributed by atoms with E-state index >= 15 is 0 Å². The molecule has 0 aromatic carbocycles. The molecule has 114 valence electrons. The minimum absolute atomic E-state index is 0. The first-order valence-electron chi connectivity index (χ1n) is 7.26. The van der Waals surface area contributed by atoms with Crippen molar-refractivity contribution in [3.63, 3.8) is 0 Å². The summed E-state index contributed by atoms with van der Waals surface area (Å²) < 4.78 is 0. The van der Waals surface area contributed by atoms with Crippen LogP contribution in [0.5, 0.6) is 0 Å². The minimum Gasteiger partial charge on any atom is -0.357 e. The molecule has 0 aromatic heterocycles. The standard InChI is InChI=1S/C14H30N4.HI/c1-6-15-14(17-12(4)11(2)3)16-9-13-7-8-18(5)10-13;/h11-13H,6-10H2,1-5H3,(H2,15,16,17);1H. The third kappa shape index (κ3) is 7.34. The Morgan fingerprint density at radius 2 is 2.05 bits per heavy atom. The van der Waals surface area contributed by atoms with Crippen molar-refractivity contribution in [1.82, 2.24) is 15.5 Å². The molecule has 2 unspecified atom stereocenters. The average Bonchev–Trinajstić information content (AvgIpc) is 2.72. The van der Waals surface area contributed by atoms with Crippen LogP contribution < -0.4 is 10.6 Å². The first-order valence-corrected chi connectivity index (χ1v) is 7.26. The first kappa shape index (κ1) is 19.0. The van der Waals surface area contributed by atoms with E-state index in [2.05, 4.69) is 50.3 Å². The molecular formula is C14H31IN4. The van der Waals surface area contributed by atoms with E-state index in [1.807, 2.05) is 0 Å². The molecule has 1 heterocycles. The summed E-state index contributed by atoms with van der Waals surface area (Å²) in [4.78, 5) is 7.11. The van der Waals surface area contributed by atoms with Gasteiger partial charge in [0.15, 0.2) is 5.96 Å². The number of aliphatic imine (C=N–C) groups is 1. The SMILES string of the molecule is CCNC(=NCC1CCN(C)C1)NC(C)C(C)C.I. The Kier molecular flexibility index (Phi) is 9.78. The van der Waals surface area contributed by atoms with Crippen LogP contribution in [0.2, 0.25) is 0 Å². The summed E-state index contributed by atoms with van der Waals surface area (Å²) in [7, 11) is 2.19. The summed E-state index contributed by atoms with van der Waals surface area (Å²) in [5, 5.41) is 6.81. The van der Waals surface area contributed by atoms with Gasteiger partial charge >= 0.3 is 0 Å². The van der Waals surface area contributed by atoms with E-state index in [1.165, 1.54) is 19.5 Å². The third-order valence-corrected chi connectivity index (χ3v) is 3.71. The van der Waals surface area contributed by atoms with Crippen LogP contribution >= 0.6 is 24.0 Å². The van der Waals surface area contributed by atoms with Gasteiger partial charge in [0.05, 0.1) is 0 Å². The summed E-state index contributed by atoms with van der Waals surface area (Å²) in [5.74, 6) is 2.31. The molecule has 2 N–H and O–H groups in total. The average molecular weight is 382 g/mol. The van der Waals surface area contributed by atoms with Crippen LogP contribution in [0.3, 0.4) is 0 Å². The van der Waals surface area contributed by atoms with Crippen molar-refractivity contribution in [1.29, 1.82) is 0 Å². The first-order chi connectivity index (χ1) is 8.52. The van der Waals surface area contributed by atoms with Gasteiger partial charge in [-0.05, 0) is 45.7 Å². The molecule has 0 aromatic rings. The van der Waals surface area contributed by atoms with Crippen molar-refractivity contribution >= 4 is 29.9 Å². The monoisotopic (exact) mass is 382 g/mol. The van der Waals surface area contributed by atoms with Gasteiger partial charge in [-0.3, -0.25) is 4.99 Å². The largest absolute Gasteiger partial charge is 0.357 e. The fourth-order valence-corrected chi connectivity index (χ4v) is 2.10. The van der Waals surface area contributed by atoms with Crippen LogP contribution in [0.25, 0.3) is 0 Å². The van der Waals surface area contributed by atoms with Crippen LogP contribution in [0.15, 0.2) is 4.99 Å². The maximum Gasteiger partial charge on any atom is 0.191 e. The predicted molar refractivity (Wildman–Crippen MR) is 94.4 cm³/mol. The topological polar surface area (TPSA) is 39.7 Å². The minimum atomic E-state index is 0. The van der Waals surface area contributed by atoms with Gasteiger partial charge in [-0.15, -0.1) is 24.0 Å². The number of nitrogens with zero attached hydrogens (tertiary/aromatic N) is 2. The highest BCUT2D eigenvalue weighted by Gasteiger charge is 2.19. The molecule has 1 rings (SSSR count). The van der Waals surface area contributed by atoms with Crippen molar-refractivity contribution in [2.75, 3.05) is 33.2 Å². The fourth-order valence-electron chi connectivity index (χ4n) is 2.10. The lowest BCUT2D eigenvalue weighted by Gasteiger charge is -2.21. The van der Waals surface area contributed by atoms with E-state index in [9.17, 15) is 0 Å². The Bertz CT molecular complexity index is 268. The second-order valence-corrected chi connectivity index (χ2v) is 5.81. The van der Waals surface area contributed by atoms with Crippen molar-refractivity contribution in [3.8, 4) is 0 Å². The highest BCUT2D eigenvalue weighted by atomic mass is 127. The van der Waals surface area contributed by atoms with E-state index in [0.29, 0.717) is 12.0 Å². The molecule has 1 aliphatic rings. The lowest BCUT2D eigenvalue weighted by Crippen LogP contribution is -2.44. The molecule has 19 heavy (non-hydrogen) atoms. The second kappa shape index (κ2) is 9.80. The van der Waals surface area contributed by atoms with Gasteiger partial charge in [0.1, 0.15) is 0 Å². The number of halogens is 1. The molecule has 2 atom stereocenters. The molecule has 0 aliphatic carbocycles. The van der Waals surface area contributed by atoms with Crippen LogP contribution in [0, 0.1) is 11.8 Å². The normalized spacial score (nSPS) is 22.2. The molecule has 0 bridgehead atoms. The van der Waals surface area contributed by atoms with Gasteiger partial charge in [-0.2, -0.15) is 0 Å². The quantitative estimate of drug-likeness (QED) is 0.435. The molecule has 0 spiro atoms. The lowest BCUT2D eigenvalue weighted by molar-refractivity contribution is 0.397. The summed E-state index contributed by atoms with van der Waals surface area (Å²) >= 11 is 0. The highest BCUT2D eigenvalue weighted by Crippen LogP contribution is 2.14. The van der Waals surface area contributed by atoms with E-state index in [0.717, 1.165) is 25.0 Å². The lowest BCUT2D eigenvalue weighted by atomic mass is 10.1. The highest BCUT2D eigenvalue weighted by molar-refractivity contribution is 14.0. The number of rotatable bonds is 5. The van der Waals surface area contributed by atoms with Crippen LogP contribution in [-0.4, -0.2) is 50.1 Å². The number of nitrogens with one attached hydrogen (secondary N) is 2. The number of hydrogen-bond acceptors (Lipinski definition) is 2. The predicted octanol–water partition coefficient (Wildman–Crippen LogP) is 2.16. The second-order valence-electron chi connectivity index (χ2n) is 5.81. The maximum atomic E-state index is 4.72. The van der Waals surface area contributed by atoms with Crippen LogP contribution in [-0.2, 0) is 0 Å². The van der Waals surface area contributed by atoms with Crippen LogP contribution in [0.1, 0.15) is 34.1 Å². The Labute approximate surface area is 135 Å². The van der Waals surface area contributed by atoms with Gasteiger partial charge in [-0.25, -0.2) is 0 Å². The van der Waals surface area contributed by atoms with Crippen molar-refractivity contribution in [2.24, 2.45) is 16.8 Å². The van der Waals surface area contributed by atoms with Crippen molar-refractivity contribution in [2.45, 2.75) is 40.2 Å². The third-order valence-electron chi connectivity index (χ3n) is 3.71. The molecule has 1 aliphatic heterocycles. The van der Waals surface area contributed by atoms with E-state index < -0.39 is 0 Å². The zero-order valence-electron chi connectivity index (χ0n) is 13.1. The molecule has 0 saturated carbocycles. The van der Waals surface area contributed by atoms with Gasteiger partial charge in [-0.1, -0.05) is 13.8 Å². The number of hydrogen-bond donors (Lipinski definition) is 2. The molecule has 0 amide bonds. The Hall–Kier alpha value is -0.0400. The zero-order chi connectivity index (χ0) is 13.5.